The molecule has 0 atom stereocenters. The van der Waals surface area contributed by atoms with E-state index in [0.717, 1.165) is 16.9 Å². The largest absolute Gasteiger partial charge is 0.496 e. The van der Waals surface area contributed by atoms with Gasteiger partial charge in [-0.2, -0.15) is 0 Å². The maximum Gasteiger partial charge on any atom is 0.180 e. The molecule has 0 aliphatic heterocycles. The fourth-order valence-corrected chi connectivity index (χ4v) is 3.62. The van der Waals surface area contributed by atoms with Gasteiger partial charge in [-0.1, -0.05) is 47.5 Å². The highest BCUT2D eigenvalue weighted by molar-refractivity contribution is 6.32. The summed E-state index contributed by atoms with van der Waals surface area (Å²) in [5.41, 5.74) is 2.68. The van der Waals surface area contributed by atoms with Gasteiger partial charge in [-0.3, -0.25) is 0 Å². The van der Waals surface area contributed by atoms with Crippen molar-refractivity contribution in [2.24, 2.45) is 0 Å². The van der Waals surface area contributed by atoms with Crippen LogP contribution in [0.5, 0.6) is 17.2 Å². The van der Waals surface area contributed by atoms with Crippen LogP contribution in [-0.4, -0.2) is 13.7 Å². The van der Waals surface area contributed by atoms with Crippen LogP contribution in [0, 0.1) is 5.82 Å². The SMILES string of the molecule is CCOc1cc(CNCc2ccccc2OC)cc(Cl)c1OCc1ccc(F)cc1Cl. The average Bonchev–Trinajstić information content (AvgIpc) is 2.75. The molecule has 0 amide bonds. The zero-order valence-electron chi connectivity index (χ0n) is 17.4. The minimum absolute atomic E-state index is 0.143. The second-order valence-electron chi connectivity index (χ2n) is 6.78. The number of rotatable bonds is 10. The minimum Gasteiger partial charge on any atom is -0.496 e. The van der Waals surface area contributed by atoms with Crippen LogP contribution in [0.4, 0.5) is 4.39 Å². The maximum absolute atomic E-state index is 13.3. The Morgan fingerprint density at radius 3 is 2.42 bits per heavy atom. The van der Waals surface area contributed by atoms with E-state index < -0.39 is 5.82 Å². The van der Waals surface area contributed by atoms with E-state index in [1.165, 1.54) is 12.1 Å². The van der Waals surface area contributed by atoms with Crippen LogP contribution in [0.15, 0.2) is 54.6 Å². The van der Waals surface area contributed by atoms with Gasteiger partial charge in [0.15, 0.2) is 11.5 Å². The number of para-hydroxylation sites is 1. The van der Waals surface area contributed by atoms with Gasteiger partial charge in [-0.25, -0.2) is 4.39 Å². The van der Waals surface area contributed by atoms with Crippen LogP contribution in [-0.2, 0) is 19.7 Å². The standard InChI is InChI=1S/C24H24Cl2FNO3/c1-3-30-23-11-16(13-28-14-17-6-4-5-7-22(17)29-2)10-21(26)24(23)31-15-18-8-9-19(27)12-20(18)25/h4-12,28H,3,13-15H2,1-2H3. The van der Waals surface area contributed by atoms with Crippen molar-refractivity contribution in [3.8, 4) is 17.2 Å². The van der Waals surface area contributed by atoms with E-state index in [9.17, 15) is 4.39 Å². The molecule has 0 radical (unpaired) electrons. The maximum atomic E-state index is 13.3. The molecule has 0 saturated heterocycles. The van der Waals surface area contributed by atoms with Crippen molar-refractivity contribution >= 4 is 23.2 Å². The molecule has 0 aliphatic rings. The Bertz CT molecular complexity index is 1030. The van der Waals surface area contributed by atoms with Gasteiger partial charge in [0.2, 0.25) is 0 Å². The summed E-state index contributed by atoms with van der Waals surface area (Å²) in [5, 5.41) is 4.12. The van der Waals surface area contributed by atoms with Gasteiger partial charge in [-0.05, 0) is 42.8 Å². The zero-order valence-corrected chi connectivity index (χ0v) is 18.9. The molecule has 1 N–H and O–H groups in total. The van der Waals surface area contributed by atoms with Gasteiger partial charge >= 0.3 is 0 Å². The van der Waals surface area contributed by atoms with Gasteiger partial charge in [0.1, 0.15) is 18.2 Å². The Balaban J connectivity index is 1.70. The molecule has 3 aromatic carbocycles. The van der Waals surface area contributed by atoms with Crippen molar-refractivity contribution in [3.05, 3.63) is 87.2 Å². The number of methoxy groups -OCH3 is 1. The summed E-state index contributed by atoms with van der Waals surface area (Å²) in [5.74, 6) is 1.41. The summed E-state index contributed by atoms with van der Waals surface area (Å²) in [6.45, 7) is 3.72. The Hall–Kier alpha value is -2.47. The molecule has 3 rings (SSSR count). The lowest BCUT2D eigenvalue weighted by atomic mass is 10.1. The number of ether oxygens (including phenoxy) is 3. The highest BCUT2D eigenvalue weighted by Gasteiger charge is 2.14. The van der Waals surface area contributed by atoms with Gasteiger partial charge in [0.05, 0.1) is 23.8 Å². The Labute approximate surface area is 191 Å². The highest BCUT2D eigenvalue weighted by atomic mass is 35.5. The molecule has 0 bridgehead atoms. The van der Waals surface area contributed by atoms with Crippen LogP contribution in [0.1, 0.15) is 23.6 Å². The molecule has 0 heterocycles. The third kappa shape index (κ3) is 6.26. The van der Waals surface area contributed by atoms with Crippen molar-refractivity contribution < 1.29 is 18.6 Å². The Morgan fingerprint density at radius 2 is 1.68 bits per heavy atom. The predicted octanol–water partition coefficient (Wildman–Crippen LogP) is 6.41. The van der Waals surface area contributed by atoms with Crippen molar-refractivity contribution in [1.82, 2.24) is 5.32 Å². The van der Waals surface area contributed by atoms with Crippen LogP contribution < -0.4 is 19.5 Å². The minimum atomic E-state index is -0.397. The third-order valence-corrected chi connectivity index (χ3v) is 5.23. The third-order valence-electron chi connectivity index (χ3n) is 4.59. The van der Waals surface area contributed by atoms with Crippen molar-refractivity contribution in [2.75, 3.05) is 13.7 Å². The fraction of sp³-hybridized carbons (Fsp3) is 0.250. The number of hydrogen-bond acceptors (Lipinski definition) is 4. The van der Waals surface area contributed by atoms with E-state index in [-0.39, 0.29) is 6.61 Å². The summed E-state index contributed by atoms with van der Waals surface area (Å²) >= 11 is 12.6. The van der Waals surface area contributed by atoms with Crippen LogP contribution in [0.2, 0.25) is 10.0 Å². The number of hydrogen-bond donors (Lipinski definition) is 1. The first-order valence-electron chi connectivity index (χ1n) is 9.86. The summed E-state index contributed by atoms with van der Waals surface area (Å²) < 4.78 is 30.3. The lowest BCUT2D eigenvalue weighted by Gasteiger charge is -2.16. The smallest absolute Gasteiger partial charge is 0.180 e. The summed E-state index contributed by atoms with van der Waals surface area (Å²) in [7, 11) is 1.66. The molecular formula is C24H24Cl2FNO3. The second-order valence-corrected chi connectivity index (χ2v) is 7.59. The van der Waals surface area contributed by atoms with E-state index >= 15 is 0 Å². The van der Waals surface area contributed by atoms with Gasteiger partial charge in [0.25, 0.3) is 0 Å². The first-order chi connectivity index (χ1) is 15.0. The monoisotopic (exact) mass is 463 g/mol. The lowest BCUT2D eigenvalue weighted by Crippen LogP contribution is -2.13. The Kier molecular flexibility index (Phi) is 8.41. The molecule has 0 saturated carbocycles. The first-order valence-corrected chi connectivity index (χ1v) is 10.6. The van der Waals surface area contributed by atoms with Gasteiger partial charge < -0.3 is 19.5 Å². The molecule has 164 valence electrons. The quantitative estimate of drug-likeness (QED) is 0.377. The zero-order chi connectivity index (χ0) is 22.2. The molecule has 3 aromatic rings. The first kappa shape index (κ1) is 23.2. The molecular weight excluding hydrogens is 440 g/mol. The topological polar surface area (TPSA) is 39.7 Å². The van der Waals surface area contributed by atoms with Crippen LogP contribution in [0.3, 0.4) is 0 Å². The average molecular weight is 464 g/mol. The molecule has 0 unspecified atom stereocenters. The van der Waals surface area contributed by atoms with E-state index in [2.05, 4.69) is 5.32 Å². The number of benzene rings is 3. The number of nitrogens with one attached hydrogen (secondary N) is 1. The highest BCUT2D eigenvalue weighted by Crippen LogP contribution is 2.37. The fourth-order valence-electron chi connectivity index (χ4n) is 3.11. The van der Waals surface area contributed by atoms with Gasteiger partial charge in [0, 0.05) is 24.2 Å². The van der Waals surface area contributed by atoms with E-state index in [1.807, 2.05) is 43.3 Å². The van der Waals surface area contributed by atoms with Crippen molar-refractivity contribution in [3.63, 3.8) is 0 Å². The van der Waals surface area contributed by atoms with Crippen molar-refractivity contribution in [1.29, 1.82) is 0 Å². The summed E-state index contributed by atoms with van der Waals surface area (Å²) in [6.07, 6.45) is 0. The summed E-state index contributed by atoms with van der Waals surface area (Å²) in [4.78, 5) is 0. The van der Waals surface area contributed by atoms with Crippen molar-refractivity contribution in [2.45, 2.75) is 26.6 Å². The molecule has 7 heteroatoms. The lowest BCUT2D eigenvalue weighted by molar-refractivity contribution is 0.269. The molecule has 4 nitrogen and oxygen atoms in total. The molecule has 0 fully saturated rings. The normalized spacial score (nSPS) is 10.7. The molecule has 0 spiro atoms. The van der Waals surface area contributed by atoms with Crippen LogP contribution >= 0.6 is 23.2 Å². The van der Waals surface area contributed by atoms with E-state index in [4.69, 9.17) is 37.4 Å². The Morgan fingerprint density at radius 1 is 0.871 bits per heavy atom. The van der Waals surface area contributed by atoms with Crippen LogP contribution in [0.25, 0.3) is 0 Å². The molecule has 31 heavy (non-hydrogen) atoms. The number of halogens is 3. The molecule has 0 aliphatic carbocycles. The second kappa shape index (κ2) is 11.2. The van der Waals surface area contributed by atoms with E-state index in [0.29, 0.717) is 46.8 Å². The van der Waals surface area contributed by atoms with E-state index in [1.54, 1.807) is 13.2 Å². The summed E-state index contributed by atoms with van der Waals surface area (Å²) in [6, 6.07) is 15.8. The van der Waals surface area contributed by atoms with Gasteiger partial charge in [-0.15, -0.1) is 0 Å². The molecule has 0 aromatic heterocycles. The predicted molar refractivity (Wildman–Crippen MR) is 122 cm³/mol.